The van der Waals surface area contributed by atoms with Crippen molar-refractivity contribution >= 4 is 35.2 Å². The zero-order valence-corrected chi connectivity index (χ0v) is 17.7. The minimum atomic E-state index is -4.74. The second kappa shape index (κ2) is 8.20. The Morgan fingerprint density at radius 3 is 2.53 bits per heavy atom. The number of imidazole rings is 1. The number of alkyl halides is 3. The third kappa shape index (κ3) is 4.34. The number of ether oxygens (including phenoxy) is 2. The van der Waals surface area contributed by atoms with Gasteiger partial charge in [0.15, 0.2) is 0 Å². The molecule has 3 aromatic rings. The fraction of sp³-hybridized carbons (Fsp3) is 0.364. The van der Waals surface area contributed by atoms with E-state index in [0.29, 0.717) is 30.4 Å². The summed E-state index contributed by atoms with van der Waals surface area (Å²) in [6.07, 6.45) is -2.14. The highest BCUT2D eigenvalue weighted by molar-refractivity contribution is 5.90. The molecule has 0 atom stereocenters. The molecule has 1 aromatic heterocycles. The van der Waals surface area contributed by atoms with E-state index in [1.807, 2.05) is 30.3 Å². The van der Waals surface area contributed by atoms with Crippen molar-refractivity contribution in [1.29, 1.82) is 0 Å². The summed E-state index contributed by atoms with van der Waals surface area (Å²) in [5.74, 6) is 0.562. The van der Waals surface area contributed by atoms with Gasteiger partial charge in [-0.2, -0.15) is 0 Å². The number of amides is 1. The fourth-order valence-corrected chi connectivity index (χ4v) is 4.50. The van der Waals surface area contributed by atoms with Crippen molar-refractivity contribution in [3.63, 3.8) is 0 Å². The number of nitrogens with one attached hydrogen (secondary N) is 1. The summed E-state index contributed by atoms with van der Waals surface area (Å²) >= 11 is 0. The molecule has 32 heavy (non-hydrogen) atoms. The first-order valence-electron chi connectivity index (χ1n) is 10.1. The second-order valence-corrected chi connectivity index (χ2v) is 8.10. The van der Waals surface area contributed by atoms with E-state index in [0.717, 1.165) is 24.4 Å². The monoisotopic (exact) mass is 467 g/mol. The number of para-hydroxylation sites is 1. The van der Waals surface area contributed by atoms with Crippen molar-refractivity contribution in [2.24, 2.45) is 0 Å². The molecule has 1 spiro atoms. The van der Waals surface area contributed by atoms with Crippen LogP contribution in [0.3, 0.4) is 0 Å². The molecule has 1 saturated carbocycles. The van der Waals surface area contributed by atoms with Gasteiger partial charge in [0, 0.05) is 17.7 Å². The van der Waals surface area contributed by atoms with Crippen LogP contribution in [0, 0.1) is 0 Å². The highest BCUT2D eigenvalue weighted by atomic mass is 35.5. The molecule has 2 aromatic carbocycles. The van der Waals surface area contributed by atoms with Gasteiger partial charge in [-0.25, -0.2) is 9.78 Å². The molecule has 1 N–H and O–H groups in total. The normalized spacial score (nSPS) is 23.3. The van der Waals surface area contributed by atoms with Gasteiger partial charge in [-0.1, -0.05) is 18.2 Å². The van der Waals surface area contributed by atoms with Crippen LogP contribution in [0.4, 0.5) is 23.7 Å². The van der Waals surface area contributed by atoms with Gasteiger partial charge in [0.25, 0.3) is 0 Å². The van der Waals surface area contributed by atoms with Crippen molar-refractivity contribution in [1.82, 2.24) is 9.97 Å². The Hall–Kier alpha value is -2.94. The molecule has 0 bridgehead atoms. The SMILES string of the molecule is Cl.O=C1OC2(CCC(c3nc4cc(OC(F)(F)F)ccc4[nH]3)CC2)CN1c1ccccc1. The first-order valence-corrected chi connectivity index (χ1v) is 10.1. The van der Waals surface area contributed by atoms with Crippen LogP contribution in [0.5, 0.6) is 5.75 Å². The van der Waals surface area contributed by atoms with E-state index in [1.165, 1.54) is 18.2 Å². The summed E-state index contributed by atoms with van der Waals surface area (Å²) in [6.45, 7) is 0.515. The molecule has 1 amide bonds. The number of H-pyrrole nitrogens is 1. The maximum atomic E-state index is 12.5. The highest BCUT2D eigenvalue weighted by Gasteiger charge is 2.48. The van der Waals surface area contributed by atoms with Crippen LogP contribution in [-0.2, 0) is 4.74 Å². The largest absolute Gasteiger partial charge is 0.573 e. The lowest BCUT2D eigenvalue weighted by Gasteiger charge is -2.34. The maximum Gasteiger partial charge on any atom is 0.573 e. The molecule has 0 radical (unpaired) electrons. The minimum Gasteiger partial charge on any atom is -0.441 e. The molecule has 5 rings (SSSR count). The van der Waals surface area contributed by atoms with Gasteiger partial charge in [0.1, 0.15) is 17.2 Å². The Bertz CT molecular complexity index is 1110. The molecule has 1 saturated heterocycles. The van der Waals surface area contributed by atoms with E-state index < -0.39 is 12.0 Å². The van der Waals surface area contributed by atoms with Crippen LogP contribution in [-0.4, -0.2) is 34.6 Å². The summed E-state index contributed by atoms with van der Waals surface area (Å²) < 4.78 is 47.1. The third-order valence-corrected chi connectivity index (χ3v) is 6.03. The Morgan fingerprint density at radius 1 is 1.12 bits per heavy atom. The molecule has 0 unspecified atom stereocenters. The fourth-order valence-electron chi connectivity index (χ4n) is 4.50. The molecular formula is C22H21ClF3N3O3. The summed E-state index contributed by atoms with van der Waals surface area (Å²) in [7, 11) is 0. The molecule has 6 nitrogen and oxygen atoms in total. The van der Waals surface area contributed by atoms with Crippen molar-refractivity contribution in [2.45, 2.75) is 43.6 Å². The number of carbonyl (C=O) groups excluding carboxylic acids is 1. The maximum absolute atomic E-state index is 12.5. The Labute approximate surface area is 188 Å². The van der Waals surface area contributed by atoms with Gasteiger partial charge in [-0.05, 0) is 49.9 Å². The number of halogens is 4. The van der Waals surface area contributed by atoms with Gasteiger partial charge in [-0.3, -0.25) is 4.90 Å². The van der Waals surface area contributed by atoms with Crippen LogP contribution in [0.25, 0.3) is 11.0 Å². The van der Waals surface area contributed by atoms with Crippen LogP contribution in [0.1, 0.15) is 37.4 Å². The topological polar surface area (TPSA) is 67.5 Å². The van der Waals surface area contributed by atoms with Crippen molar-refractivity contribution in [3.05, 3.63) is 54.4 Å². The quantitative estimate of drug-likeness (QED) is 0.518. The lowest BCUT2D eigenvalue weighted by atomic mass is 9.78. The van der Waals surface area contributed by atoms with Crippen LogP contribution in [0.2, 0.25) is 0 Å². The number of nitrogens with zero attached hydrogens (tertiary/aromatic N) is 2. The molecule has 2 aliphatic rings. The molecule has 2 heterocycles. The minimum absolute atomic E-state index is 0. The number of aromatic amines is 1. The van der Waals surface area contributed by atoms with Gasteiger partial charge in [-0.15, -0.1) is 25.6 Å². The van der Waals surface area contributed by atoms with E-state index >= 15 is 0 Å². The summed E-state index contributed by atoms with van der Waals surface area (Å²) in [4.78, 5) is 21.8. The Morgan fingerprint density at radius 2 is 1.84 bits per heavy atom. The Balaban J connectivity index is 0.00000245. The van der Waals surface area contributed by atoms with Gasteiger partial charge < -0.3 is 14.5 Å². The molecule has 10 heteroatoms. The predicted molar refractivity (Wildman–Crippen MR) is 114 cm³/mol. The predicted octanol–water partition coefficient (Wildman–Crippen LogP) is 5.94. The molecule has 2 fully saturated rings. The van der Waals surface area contributed by atoms with E-state index in [-0.39, 0.29) is 30.2 Å². The first-order chi connectivity index (χ1) is 14.8. The summed E-state index contributed by atoms with van der Waals surface area (Å²) in [5.41, 5.74) is 1.40. The molecule has 1 aliphatic heterocycles. The highest BCUT2D eigenvalue weighted by Crippen LogP contribution is 2.43. The van der Waals surface area contributed by atoms with Gasteiger partial charge >= 0.3 is 12.5 Å². The van der Waals surface area contributed by atoms with E-state index in [2.05, 4.69) is 14.7 Å². The van der Waals surface area contributed by atoms with E-state index in [9.17, 15) is 18.0 Å². The number of hydrogen-bond acceptors (Lipinski definition) is 4. The zero-order chi connectivity index (χ0) is 21.6. The Kier molecular flexibility index (Phi) is 5.70. The molecule has 170 valence electrons. The number of anilines is 1. The van der Waals surface area contributed by atoms with Gasteiger partial charge in [0.2, 0.25) is 0 Å². The van der Waals surface area contributed by atoms with E-state index in [4.69, 9.17) is 4.74 Å². The number of fused-ring (bicyclic) bond motifs is 1. The van der Waals surface area contributed by atoms with Crippen molar-refractivity contribution in [3.8, 4) is 5.75 Å². The standard InChI is InChI=1S/C22H20F3N3O3.ClH/c23-22(24,25)30-16-6-7-17-18(12-16)27-19(26-17)14-8-10-21(11-9-14)13-28(20(29)31-21)15-4-2-1-3-5-15;/h1-7,12,14H,8-11,13H2,(H,26,27);1H. The average molecular weight is 468 g/mol. The zero-order valence-electron chi connectivity index (χ0n) is 16.9. The summed E-state index contributed by atoms with van der Waals surface area (Å²) in [6, 6.07) is 13.5. The van der Waals surface area contributed by atoms with Crippen molar-refractivity contribution < 1.29 is 27.4 Å². The number of benzene rings is 2. The van der Waals surface area contributed by atoms with Crippen LogP contribution >= 0.6 is 12.4 Å². The lowest BCUT2D eigenvalue weighted by molar-refractivity contribution is -0.274. The molecule has 1 aliphatic carbocycles. The van der Waals surface area contributed by atoms with Crippen LogP contribution in [0.15, 0.2) is 48.5 Å². The average Bonchev–Trinajstić information content (AvgIpc) is 3.29. The number of aromatic nitrogens is 2. The van der Waals surface area contributed by atoms with Crippen molar-refractivity contribution in [2.75, 3.05) is 11.4 Å². The second-order valence-electron chi connectivity index (χ2n) is 8.10. The van der Waals surface area contributed by atoms with Gasteiger partial charge in [0.05, 0.1) is 17.6 Å². The van der Waals surface area contributed by atoms with E-state index in [1.54, 1.807) is 4.90 Å². The van der Waals surface area contributed by atoms with Crippen LogP contribution < -0.4 is 9.64 Å². The third-order valence-electron chi connectivity index (χ3n) is 6.03. The molecular weight excluding hydrogens is 447 g/mol. The summed E-state index contributed by atoms with van der Waals surface area (Å²) in [5, 5.41) is 0. The number of carbonyl (C=O) groups is 1. The number of rotatable bonds is 3. The number of hydrogen-bond donors (Lipinski definition) is 1. The lowest BCUT2D eigenvalue weighted by Crippen LogP contribution is -2.38. The first kappa shape index (κ1) is 22.3. The smallest absolute Gasteiger partial charge is 0.441 e.